The van der Waals surface area contributed by atoms with Gasteiger partial charge in [0.15, 0.2) is 0 Å². The largest absolute Gasteiger partial charge is 0.396 e. The number of piperidine rings is 1. The molecule has 1 unspecified atom stereocenters. The Hall–Kier alpha value is -0.400. The number of nitrogens with zero attached hydrogens (tertiary/aromatic N) is 4. The summed E-state index contributed by atoms with van der Waals surface area (Å²) in [6.07, 6.45) is 35.0. The average Bonchev–Trinajstić information content (AvgIpc) is 0.824. The van der Waals surface area contributed by atoms with Crippen LogP contribution in [0.4, 0.5) is 0 Å². The summed E-state index contributed by atoms with van der Waals surface area (Å²) < 4.78 is 25.8. The fourth-order valence-corrected chi connectivity index (χ4v) is 13.4. The number of methoxy groups -OCH3 is 3. The number of aliphatic hydroxyl groups excluding tert-OH is 1. The van der Waals surface area contributed by atoms with Gasteiger partial charge >= 0.3 is 0 Å². The molecule has 0 amide bonds. The molecular weight excluding hydrogens is 1450 g/mol. The molecule has 6 aliphatic rings. The minimum atomic E-state index is 0.267. The van der Waals surface area contributed by atoms with Gasteiger partial charge in [-0.15, -0.1) is 0 Å². The van der Waals surface area contributed by atoms with Gasteiger partial charge in [0.25, 0.3) is 0 Å². The Morgan fingerprint density at radius 3 is 1.01 bits per heavy atom. The molecule has 118 heavy (non-hydrogen) atoms. The molecular formula is C108H234N4O6. The summed E-state index contributed by atoms with van der Waals surface area (Å²) in [4.78, 5) is 10.1. The van der Waals surface area contributed by atoms with Gasteiger partial charge in [0.05, 0.1) is 25.4 Å². The van der Waals surface area contributed by atoms with E-state index in [0.29, 0.717) is 92.1 Å². The van der Waals surface area contributed by atoms with E-state index in [4.69, 9.17) is 28.8 Å². The third-order valence-electron chi connectivity index (χ3n) is 24.8. The fraction of sp³-hybridized carbons (Fsp3) is 1.00. The standard InChI is InChI=1S/C11H24N2.C11H23N.C10H23N.C10H20.C9H20O2.2C9H18O.C8H18O.C8H16.C7H16O.2C7H16.C2H6/c1-11(2,3)5-6-13-9-7-12(4)8-10-13;1-11(2,3)7-10-12-8-5-4-6-9-12;1-6-11(7-2)9-8-10(3,4)5;1-10(2,3)9-7-5-4-6-8-9;1-9(2,3)5-6-11-8-7-10-4;1-9(2,3)7-5-8(6-7)10-4;1-3-10-9-6-4-8(2)5-7-9;1-5-7(6-9)8(2,3)4;1-8(2,3)7-5-4-6-7;1-7(2,3)5-6-8-4;1-6(2)7(3,4)5;1-5-6-7(2,3)4;1-2/h5-10H2,1-4H3;4-10H2,1-3H3;6-9H2,1-5H3;9H,4-8H2,1-3H3;5-8H2,1-4H3;7-8H,5-6H2,1-4H3;8-9H,3-7H2,1-2H3;7,9H,5-6H2,1-4H3;7H,4-6H2,1-3H3;5-6H2,1-4H3;6H,1-5H3;5-6H2,1-4H3;1-2H3. The molecule has 0 aromatic rings. The van der Waals surface area contributed by atoms with E-state index in [1.54, 1.807) is 14.2 Å². The van der Waals surface area contributed by atoms with Gasteiger partial charge in [-0.3, -0.25) is 0 Å². The lowest BCUT2D eigenvalue weighted by molar-refractivity contribution is -0.0382. The Morgan fingerprint density at radius 1 is 0.390 bits per heavy atom. The molecule has 2 aliphatic heterocycles. The van der Waals surface area contributed by atoms with Crippen LogP contribution >= 0.6 is 0 Å². The number of hydrogen-bond acceptors (Lipinski definition) is 10. The third kappa shape index (κ3) is 93.2. The van der Waals surface area contributed by atoms with Crippen LogP contribution in [0.2, 0.25) is 0 Å². The highest BCUT2D eigenvalue weighted by atomic mass is 16.5. The zero-order valence-corrected chi connectivity index (χ0v) is 91.1. The highest BCUT2D eigenvalue weighted by molar-refractivity contribution is 4.88. The van der Waals surface area contributed by atoms with Crippen LogP contribution in [0.25, 0.3) is 0 Å². The van der Waals surface area contributed by atoms with Crippen molar-refractivity contribution in [3.05, 3.63) is 0 Å². The number of likely N-dealkylation sites (N-methyl/N-ethyl adjacent to an activating group) is 1. The highest BCUT2D eigenvalue weighted by Crippen LogP contribution is 2.43. The van der Waals surface area contributed by atoms with Crippen molar-refractivity contribution in [2.24, 2.45) is 95.1 Å². The molecule has 1 atom stereocenters. The Kier molecular flexibility index (Phi) is 78.2. The van der Waals surface area contributed by atoms with Gasteiger partial charge in [0.2, 0.25) is 0 Å². The molecule has 6 fully saturated rings. The Labute approximate surface area is 749 Å². The zero-order chi connectivity index (χ0) is 93.7. The average molecular weight is 1690 g/mol. The summed E-state index contributed by atoms with van der Waals surface area (Å²) >= 11 is 0. The van der Waals surface area contributed by atoms with E-state index in [0.717, 1.165) is 68.7 Å². The van der Waals surface area contributed by atoms with E-state index in [1.807, 2.05) is 21.0 Å². The first-order valence-corrected chi connectivity index (χ1v) is 49.9. The first kappa shape index (κ1) is 131. The van der Waals surface area contributed by atoms with E-state index in [9.17, 15) is 0 Å². The second-order valence-corrected chi connectivity index (χ2v) is 49.1. The Balaban J connectivity index is -0.000000228. The molecule has 2 saturated heterocycles. The maximum absolute atomic E-state index is 8.86. The van der Waals surface area contributed by atoms with E-state index in [1.165, 1.54) is 213 Å². The molecule has 10 heteroatoms. The number of ether oxygens (including phenoxy) is 5. The van der Waals surface area contributed by atoms with E-state index >= 15 is 0 Å². The summed E-state index contributed by atoms with van der Waals surface area (Å²) in [5.41, 5.74) is 5.28. The van der Waals surface area contributed by atoms with Crippen LogP contribution in [0.5, 0.6) is 0 Å². The van der Waals surface area contributed by atoms with Gasteiger partial charge in [0, 0.05) is 73.9 Å². The minimum Gasteiger partial charge on any atom is -0.396 e. The van der Waals surface area contributed by atoms with Crippen molar-refractivity contribution < 1.29 is 28.8 Å². The molecule has 0 radical (unpaired) electrons. The van der Waals surface area contributed by atoms with Crippen LogP contribution < -0.4 is 0 Å². The van der Waals surface area contributed by atoms with Crippen LogP contribution in [-0.4, -0.2) is 177 Å². The van der Waals surface area contributed by atoms with Crippen molar-refractivity contribution >= 4 is 0 Å². The molecule has 0 bridgehead atoms. The topological polar surface area (TPSA) is 79.3 Å². The van der Waals surface area contributed by atoms with Gasteiger partial charge in [-0.2, -0.15) is 0 Å². The lowest BCUT2D eigenvalue weighted by atomic mass is 9.67. The van der Waals surface area contributed by atoms with Crippen molar-refractivity contribution in [3.8, 4) is 0 Å². The number of rotatable bonds is 21. The molecule has 10 nitrogen and oxygen atoms in total. The lowest BCUT2D eigenvalue weighted by Gasteiger charge is -2.42. The second kappa shape index (κ2) is 70.6. The van der Waals surface area contributed by atoms with Crippen molar-refractivity contribution in [1.29, 1.82) is 0 Å². The van der Waals surface area contributed by atoms with Crippen molar-refractivity contribution in [2.45, 2.75) is 470 Å². The summed E-state index contributed by atoms with van der Waals surface area (Å²) in [5.74, 6) is 5.11. The first-order chi connectivity index (χ1) is 53.8. The molecule has 0 aromatic heterocycles. The lowest BCUT2D eigenvalue weighted by Crippen LogP contribution is -2.45. The van der Waals surface area contributed by atoms with Crippen LogP contribution in [0, 0.1) is 95.1 Å². The molecule has 2 heterocycles. The van der Waals surface area contributed by atoms with E-state index < -0.39 is 0 Å². The third-order valence-corrected chi connectivity index (χ3v) is 24.8. The normalized spacial score (nSPS) is 19.7. The quantitative estimate of drug-likeness (QED) is 0.112. The van der Waals surface area contributed by atoms with Crippen LogP contribution in [0.3, 0.4) is 0 Å². The van der Waals surface area contributed by atoms with Crippen molar-refractivity contribution in [1.82, 2.24) is 19.6 Å². The molecule has 6 rings (SSSR count). The van der Waals surface area contributed by atoms with Crippen molar-refractivity contribution in [2.75, 3.05) is 140 Å². The van der Waals surface area contributed by atoms with Gasteiger partial charge in [0.1, 0.15) is 0 Å². The first-order valence-electron chi connectivity index (χ1n) is 49.9. The summed E-state index contributed by atoms with van der Waals surface area (Å²) in [7, 11) is 7.45. The SMILES string of the molecule is CC.CC(C)(C)C1CCC1.CC(C)(C)C1CCCCC1.CC(C)(C)CCN1CCCCC1.CC(C)C(C)(C)C.CCC(CO)C(C)(C)C.CCCC(C)(C)C.CCN(CC)CCC(C)(C)C.CCOC1CCC(C)CC1.CN1CCN(CCC(C)(C)C)CC1.COC1CC(C(C)(C)C)C1.COCCC(C)(C)C.COCCOCCC(C)(C)C. The van der Waals surface area contributed by atoms with Crippen molar-refractivity contribution in [3.63, 3.8) is 0 Å². The second-order valence-electron chi connectivity index (χ2n) is 49.1. The summed E-state index contributed by atoms with van der Waals surface area (Å²) in [5, 5.41) is 8.86. The molecule has 0 spiro atoms. The van der Waals surface area contributed by atoms with E-state index in [-0.39, 0.29) is 5.41 Å². The number of piperazine rings is 1. The Bertz CT molecular complexity index is 2060. The smallest absolute Gasteiger partial charge is 0.0700 e. The Morgan fingerprint density at radius 2 is 0.754 bits per heavy atom. The van der Waals surface area contributed by atoms with Gasteiger partial charge < -0.3 is 48.4 Å². The zero-order valence-electron chi connectivity index (χ0n) is 91.1. The minimum absolute atomic E-state index is 0.267. The fourth-order valence-electron chi connectivity index (χ4n) is 13.4. The van der Waals surface area contributed by atoms with Crippen LogP contribution in [-0.2, 0) is 23.7 Å². The molecule has 0 aromatic carbocycles. The number of aliphatic hydroxyl groups is 1. The summed E-state index contributed by atoms with van der Waals surface area (Å²) in [6, 6.07) is 0. The van der Waals surface area contributed by atoms with Crippen LogP contribution in [0.1, 0.15) is 458 Å². The van der Waals surface area contributed by atoms with Crippen LogP contribution in [0.15, 0.2) is 0 Å². The summed E-state index contributed by atoms with van der Waals surface area (Å²) in [6.45, 7) is 115. The molecule has 1 N–H and O–H groups in total. The van der Waals surface area contributed by atoms with Gasteiger partial charge in [-0.1, -0.05) is 336 Å². The van der Waals surface area contributed by atoms with Gasteiger partial charge in [-0.25, -0.2) is 0 Å². The maximum Gasteiger partial charge on any atom is 0.0700 e. The molecule has 722 valence electrons. The van der Waals surface area contributed by atoms with Gasteiger partial charge in [-0.05, 0) is 270 Å². The monoisotopic (exact) mass is 1680 g/mol. The molecule has 4 aliphatic carbocycles. The number of likely N-dealkylation sites (tertiary alicyclic amines) is 1. The molecule has 4 saturated carbocycles. The van der Waals surface area contributed by atoms with E-state index in [2.05, 4.69) is 311 Å². The predicted octanol–water partition coefficient (Wildman–Crippen LogP) is 31.6. The predicted molar refractivity (Wildman–Crippen MR) is 536 cm³/mol. The number of hydrogen-bond donors (Lipinski definition) is 1. The highest BCUT2D eigenvalue weighted by Gasteiger charge is 2.37. The maximum atomic E-state index is 8.86.